The molecule has 1 aromatic carbocycles. The molecule has 1 rings (SSSR count). The van der Waals surface area contributed by atoms with E-state index in [0.29, 0.717) is 13.2 Å². The number of hydrogen-bond donors (Lipinski definition) is 1. The van der Waals surface area contributed by atoms with Gasteiger partial charge in [0.2, 0.25) is 0 Å². The highest BCUT2D eigenvalue weighted by Gasteiger charge is 2.27. The first-order valence-corrected chi connectivity index (χ1v) is 24.3. The molecule has 0 amide bonds. The Bertz CT molecular complexity index is 999. The van der Waals surface area contributed by atoms with Gasteiger partial charge in [-0.15, -0.1) is 0 Å². The highest BCUT2D eigenvalue weighted by atomic mass is 31.2. The first-order chi connectivity index (χ1) is 26.0. The summed E-state index contributed by atoms with van der Waals surface area (Å²) in [6, 6.07) is 5.45. The number of benzene rings is 1. The SMILES string of the molecule is [2H]C(CCCCCCCCCCCCC)CCCCOP(=O)(Cc1ccc(O)c(C(C)(C)C)c1)OCCCCC([2H])CCCCCCCCCCCCC. The van der Waals surface area contributed by atoms with Crippen LogP contribution in [0, 0.1) is 0 Å². The lowest BCUT2D eigenvalue weighted by Gasteiger charge is -2.23. The molecule has 0 fully saturated rings. The van der Waals surface area contributed by atoms with Crippen molar-refractivity contribution in [3.8, 4) is 5.75 Å². The molecule has 0 radical (unpaired) electrons. The van der Waals surface area contributed by atoms with Gasteiger partial charge in [0.15, 0.2) is 0 Å². The molecule has 0 saturated heterocycles. The summed E-state index contributed by atoms with van der Waals surface area (Å²) in [4.78, 5) is 0. The number of phenolic OH excluding ortho intramolecular Hbond substituents is 1. The Kier molecular flexibility index (Phi) is 29.4. The second-order valence-corrected chi connectivity index (χ2v) is 18.8. The molecule has 306 valence electrons. The number of hydrogen-bond acceptors (Lipinski definition) is 4. The summed E-state index contributed by atoms with van der Waals surface area (Å²) in [5.41, 5.74) is 1.43. The molecule has 1 aromatic rings. The standard InChI is InChI=1S/C47H89O4P/c1-6-8-10-12-14-16-18-20-22-24-26-28-30-32-34-36-40-50-52(49,43-44-38-39-46(48)45(42-44)47(3,4)5)51-41-37-35-33-31-29-27-25-23-21-19-17-15-13-11-9-7-2/h38-39,42,48H,6-37,40-41,43H2,1-5H3/i30D,31D. The summed E-state index contributed by atoms with van der Waals surface area (Å²) in [7, 11) is -3.41. The van der Waals surface area contributed by atoms with Gasteiger partial charge in [-0.1, -0.05) is 239 Å². The molecule has 0 bridgehead atoms. The van der Waals surface area contributed by atoms with Crippen LogP contribution in [0.15, 0.2) is 18.2 Å². The third kappa shape index (κ3) is 28.6. The number of unbranched alkanes of at least 4 members (excludes halogenated alkanes) is 22. The molecule has 5 heteroatoms. The number of aromatic hydroxyl groups is 1. The van der Waals surface area contributed by atoms with Gasteiger partial charge in [0.05, 0.1) is 19.4 Å². The van der Waals surface area contributed by atoms with E-state index in [4.69, 9.17) is 11.8 Å². The Hall–Kier alpha value is -0.830. The van der Waals surface area contributed by atoms with Crippen LogP contribution in [0.4, 0.5) is 0 Å². The zero-order valence-electron chi connectivity index (χ0n) is 37.3. The molecular weight excluding hydrogens is 659 g/mol. The molecule has 2 unspecified atom stereocenters. The molecule has 0 aliphatic rings. The fourth-order valence-electron chi connectivity index (χ4n) is 7.02. The van der Waals surface area contributed by atoms with E-state index in [1.165, 1.54) is 128 Å². The molecule has 0 saturated carbocycles. The van der Waals surface area contributed by atoms with E-state index in [9.17, 15) is 9.67 Å². The van der Waals surface area contributed by atoms with Crippen LogP contribution in [-0.2, 0) is 25.2 Å². The van der Waals surface area contributed by atoms with Crippen LogP contribution in [0.25, 0.3) is 0 Å². The Morgan fingerprint density at radius 2 is 0.865 bits per heavy atom. The largest absolute Gasteiger partial charge is 0.508 e. The van der Waals surface area contributed by atoms with Gasteiger partial charge in [0.25, 0.3) is 0 Å². The predicted molar refractivity (Wildman–Crippen MR) is 229 cm³/mol. The lowest BCUT2D eigenvalue weighted by atomic mass is 9.85. The van der Waals surface area contributed by atoms with Crippen LogP contribution < -0.4 is 0 Å². The average Bonchev–Trinajstić information content (AvgIpc) is 3.13. The van der Waals surface area contributed by atoms with E-state index < -0.39 is 7.60 Å². The van der Waals surface area contributed by atoms with Crippen molar-refractivity contribution in [2.75, 3.05) is 13.2 Å². The second kappa shape index (κ2) is 33.5. The van der Waals surface area contributed by atoms with Crippen molar-refractivity contribution in [1.82, 2.24) is 0 Å². The zero-order valence-corrected chi connectivity index (χ0v) is 36.2. The van der Waals surface area contributed by atoms with Gasteiger partial charge < -0.3 is 14.2 Å². The van der Waals surface area contributed by atoms with Gasteiger partial charge in [0, 0.05) is 2.74 Å². The smallest absolute Gasteiger partial charge is 0.335 e. The minimum atomic E-state index is -3.41. The lowest BCUT2D eigenvalue weighted by Crippen LogP contribution is -2.12. The topological polar surface area (TPSA) is 55.8 Å². The predicted octanol–water partition coefficient (Wildman–Crippen LogP) is 16.9. The molecule has 0 heterocycles. The maximum absolute atomic E-state index is 14.1. The number of rotatable bonds is 38. The third-order valence-corrected chi connectivity index (χ3v) is 12.4. The van der Waals surface area contributed by atoms with Crippen LogP contribution in [0.5, 0.6) is 5.75 Å². The van der Waals surface area contributed by atoms with Gasteiger partial charge in [-0.3, -0.25) is 4.57 Å². The van der Waals surface area contributed by atoms with E-state index in [-0.39, 0.29) is 30.1 Å². The minimum absolute atomic E-state index is 0.0322. The van der Waals surface area contributed by atoms with E-state index in [1.807, 2.05) is 12.1 Å². The van der Waals surface area contributed by atoms with E-state index in [2.05, 4.69) is 34.6 Å². The minimum Gasteiger partial charge on any atom is -0.508 e. The fourth-order valence-corrected chi connectivity index (χ4v) is 8.73. The Balaban J connectivity index is 2.38. The molecular formula is C47H89O4P. The Morgan fingerprint density at radius 1 is 0.538 bits per heavy atom. The van der Waals surface area contributed by atoms with Crippen molar-refractivity contribution in [2.45, 2.75) is 252 Å². The molecule has 52 heavy (non-hydrogen) atoms. The Morgan fingerprint density at radius 3 is 1.21 bits per heavy atom. The van der Waals surface area contributed by atoms with Crippen molar-refractivity contribution in [3.05, 3.63) is 29.3 Å². The normalized spacial score (nSPS) is 14.9. The van der Waals surface area contributed by atoms with Gasteiger partial charge >= 0.3 is 7.60 Å². The summed E-state index contributed by atoms with van der Waals surface area (Å²) in [6.45, 7) is 11.5. The maximum atomic E-state index is 14.1. The summed E-state index contributed by atoms with van der Waals surface area (Å²) < 4.78 is 43.2. The van der Waals surface area contributed by atoms with Crippen molar-refractivity contribution >= 4 is 7.60 Å². The van der Waals surface area contributed by atoms with Crippen molar-refractivity contribution < 1.29 is 21.5 Å². The first-order valence-electron chi connectivity index (χ1n) is 23.7. The third-order valence-electron chi connectivity index (χ3n) is 10.4. The van der Waals surface area contributed by atoms with Gasteiger partial charge in [0.1, 0.15) is 5.75 Å². The fraction of sp³-hybridized carbons (Fsp3) is 0.872. The molecule has 0 aromatic heterocycles. The highest BCUT2D eigenvalue weighted by molar-refractivity contribution is 7.53. The molecule has 1 N–H and O–H groups in total. The van der Waals surface area contributed by atoms with Crippen LogP contribution >= 0.6 is 7.60 Å². The molecule has 0 aliphatic heterocycles. The van der Waals surface area contributed by atoms with E-state index in [0.717, 1.165) is 75.3 Å². The van der Waals surface area contributed by atoms with Gasteiger partial charge in [-0.05, 0) is 35.4 Å². The average molecular weight is 751 g/mol. The summed E-state index contributed by atoms with van der Waals surface area (Å²) >= 11 is 0. The molecule has 0 spiro atoms. The number of phenols is 1. The molecule has 2 atom stereocenters. The Labute approximate surface area is 328 Å². The second-order valence-electron chi connectivity index (χ2n) is 16.8. The van der Waals surface area contributed by atoms with E-state index in [1.54, 1.807) is 6.07 Å². The van der Waals surface area contributed by atoms with Gasteiger partial charge in [-0.2, -0.15) is 0 Å². The maximum Gasteiger partial charge on any atom is 0.335 e. The van der Waals surface area contributed by atoms with Crippen LogP contribution in [0.2, 0.25) is 0 Å². The molecule has 0 aliphatic carbocycles. The lowest BCUT2D eigenvalue weighted by molar-refractivity contribution is 0.196. The quantitative estimate of drug-likeness (QED) is 0.0540. The van der Waals surface area contributed by atoms with Crippen molar-refractivity contribution in [3.63, 3.8) is 0 Å². The summed E-state index contributed by atoms with van der Waals surface area (Å²) in [6.07, 6.45) is 36.4. The van der Waals surface area contributed by atoms with Gasteiger partial charge in [-0.25, -0.2) is 0 Å². The van der Waals surface area contributed by atoms with E-state index >= 15 is 0 Å². The van der Waals surface area contributed by atoms with Crippen molar-refractivity contribution in [1.29, 1.82) is 0 Å². The van der Waals surface area contributed by atoms with Crippen LogP contribution in [-0.4, -0.2) is 18.3 Å². The highest BCUT2D eigenvalue weighted by Crippen LogP contribution is 2.52. The monoisotopic (exact) mass is 751 g/mol. The van der Waals surface area contributed by atoms with Crippen LogP contribution in [0.1, 0.15) is 254 Å². The summed E-state index contributed by atoms with van der Waals surface area (Å²) in [5, 5.41) is 10.5. The van der Waals surface area contributed by atoms with Crippen LogP contribution in [0.3, 0.4) is 0 Å². The first kappa shape index (κ1) is 45.6. The zero-order chi connectivity index (χ0) is 39.8. The summed E-state index contributed by atoms with van der Waals surface area (Å²) in [5.74, 6) is 0.249. The van der Waals surface area contributed by atoms with Crippen molar-refractivity contribution in [2.24, 2.45) is 0 Å². The molecule has 4 nitrogen and oxygen atoms in total.